The van der Waals surface area contributed by atoms with Crippen LogP contribution in [0.3, 0.4) is 0 Å². The Bertz CT molecular complexity index is 697. The molecule has 0 amide bonds. The number of aromatic nitrogens is 1. The number of anilines is 1. The highest BCUT2D eigenvalue weighted by atomic mass is 32.2. The molecule has 0 unspecified atom stereocenters. The van der Waals surface area contributed by atoms with Gasteiger partial charge >= 0.3 is 0 Å². The Labute approximate surface area is 116 Å². The number of aliphatic hydroxyl groups excluding tert-OH is 1. The molecule has 0 bridgehead atoms. The summed E-state index contributed by atoms with van der Waals surface area (Å²) in [5, 5.41) is 8.98. The third-order valence-corrected chi connectivity index (χ3v) is 4.74. The Kier molecular flexibility index (Phi) is 4.10. The summed E-state index contributed by atoms with van der Waals surface area (Å²) >= 11 is 0. The lowest BCUT2D eigenvalue weighted by Crippen LogP contribution is -2.30. The summed E-state index contributed by atoms with van der Waals surface area (Å²) in [7, 11) is -3.79. The molecule has 0 saturated heterocycles. The number of halogens is 1. The first kappa shape index (κ1) is 14.5. The average Bonchev–Trinajstić information content (AvgIpc) is 2.89. The normalized spacial score (nSPS) is 11.6. The van der Waals surface area contributed by atoms with Crippen LogP contribution in [0.1, 0.15) is 12.6 Å². The van der Waals surface area contributed by atoms with Gasteiger partial charge in [-0.1, -0.05) is 6.07 Å². The summed E-state index contributed by atoms with van der Waals surface area (Å²) in [5.74, 6) is -0.499. The number of nitrogens with one attached hydrogen (secondary N) is 1. The molecule has 108 valence electrons. The lowest BCUT2D eigenvalue weighted by molar-refractivity contribution is 0.277. The molecule has 0 saturated carbocycles. The van der Waals surface area contributed by atoms with Crippen molar-refractivity contribution in [3.05, 3.63) is 48.0 Å². The van der Waals surface area contributed by atoms with E-state index in [-0.39, 0.29) is 23.7 Å². The van der Waals surface area contributed by atoms with Gasteiger partial charge in [-0.25, -0.2) is 12.8 Å². The van der Waals surface area contributed by atoms with Gasteiger partial charge < -0.3 is 10.1 Å². The number of sulfonamides is 1. The van der Waals surface area contributed by atoms with E-state index in [0.717, 1.165) is 4.31 Å². The molecular formula is C13H15FN2O3S. The van der Waals surface area contributed by atoms with Gasteiger partial charge in [0, 0.05) is 18.4 Å². The molecule has 2 aromatic rings. The van der Waals surface area contributed by atoms with Crippen LogP contribution in [0.15, 0.2) is 41.4 Å². The van der Waals surface area contributed by atoms with E-state index in [0.29, 0.717) is 5.69 Å². The van der Waals surface area contributed by atoms with Crippen molar-refractivity contribution in [2.75, 3.05) is 10.8 Å². The molecule has 0 aliphatic heterocycles. The maximum absolute atomic E-state index is 13.3. The second kappa shape index (κ2) is 5.64. The third kappa shape index (κ3) is 2.68. The molecule has 20 heavy (non-hydrogen) atoms. The predicted octanol–water partition coefficient (Wildman–Crippen LogP) is 1.86. The topological polar surface area (TPSA) is 73.4 Å². The molecule has 5 nitrogen and oxygen atoms in total. The summed E-state index contributed by atoms with van der Waals surface area (Å²) in [6.07, 6.45) is 1.31. The number of nitrogens with zero attached hydrogens (tertiary/aromatic N) is 1. The van der Waals surface area contributed by atoms with Gasteiger partial charge in [-0.3, -0.25) is 4.31 Å². The SMILES string of the molecule is CCN(c1cccc(F)c1)S(=O)(=O)c1c[nH]c(CO)c1. The molecule has 1 aromatic carbocycles. The van der Waals surface area contributed by atoms with Crippen molar-refractivity contribution in [3.63, 3.8) is 0 Å². The Morgan fingerprint density at radius 3 is 2.65 bits per heavy atom. The van der Waals surface area contributed by atoms with Crippen molar-refractivity contribution in [2.24, 2.45) is 0 Å². The first-order chi connectivity index (χ1) is 9.48. The summed E-state index contributed by atoms with van der Waals surface area (Å²) in [5.41, 5.74) is 0.665. The fourth-order valence-corrected chi connectivity index (χ4v) is 3.39. The molecule has 7 heteroatoms. The summed E-state index contributed by atoms with van der Waals surface area (Å²) in [4.78, 5) is 2.71. The van der Waals surface area contributed by atoms with Gasteiger partial charge in [-0.05, 0) is 31.2 Å². The van der Waals surface area contributed by atoms with E-state index in [1.807, 2.05) is 0 Å². The van der Waals surface area contributed by atoms with Crippen LogP contribution in [0, 0.1) is 5.82 Å². The largest absolute Gasteiger partial charge is 0.390 e. The molecular weight excluding hydrogens is 283 g/mol. The standard InChI is InChI=1S/C13H15FN2O3S/c1-2-16(12-5-3-4-10(14)6-12)20(18,19)13-7-11(9-17)15-8-13/h3-8,15,17H,2,9H2,1H3. The van der Waals surface area contributed by atoms with Crippen LogP contribution in [-0.4, -0.2) is 25.1 Å². The molecule has 1 aromatic heterocycles. The predicted molar refractivity (Wildman–Crippen MR) is 73.3 cm³/mol. The van der Waals surface area contributed by atoms with E-state index in [4.69, 9.17) is 5.11 Å². The molecule has 0 spiro atoms. The molecule has 2 N–H and O–H groups in total. The molecule has 1 heterocycles. The monoisotopic (exact) mass is 298 g/mol. The number of hydrogen-bond acceptors (Lipinski definition) is 3. The summed E-state index contributed by atoms with van der Waals surface area (Å²) < 4.78 is 39.4. The van der Waals surface area contributed by atoms with Crippen molar-refractivity contribution >= 4 is 15.7 Å². The van der Waals surface area contributed by atoms with Gasteiger partial charge in [-0.2, -0.15) is 0 Å². The molecule has 0 atom stereocenters. The summed E-state index contributed by atoms with van der Waals surface area (Å²) in [6.45, 7) is 1.56. The minimum atomic E-state index is -3.79. The Balaban J connectivity index is 2.44. The summed E-state index contributed by atoms with van der Waals surface area (Å²) in [6, 6.07) is 6.77. The van der Waals surface area contributed by atoms with E-state index in [1.165, 1.54) is 36.5 Å². The van der Waals surface area contributed by atoms with Crippen LogP contribution in [0.4, 0.5) is 10.1 Å². The number of benzene rings is 1. The highest BCUT2D eigenvalue weighted by Crippen LogP contribution is 2.24. The zero-order chi connectivity index (χ0) is 14.8. The van der Waals surface area contributed by atoms with Gasteiger partial charge in [0.05, 0.1) is 12.3 Å². The van der Waals surface area contributed by atoms with E-state index < -0.39 is 15.8 Å². The van der Waals surface area contributed by atoms with E-state index >= 15 is 0 Å². The van der Waals surface area contributed by atoms with Crippen molar-refractivity contribution < 1.29 is 17.9 Å². The Morgan fingerprint density at radius 2 is 2.10 bits per heavy atom. The van der Waals surface area contributed by atoms with Crippen LogP contribution in [-0.2, 0) is 16.6 Å². The quantitative estimate of drug-likeness (QED) is 0.885. The molecule has 0 aliphatic carbocycles. The molecule has 2 rings (SSSR count). The van der Waals surface area contributed by atoms with Crippen LogP contribution in [0.5, 0.6) is 0 Å². The Hall–Kier alpha value is -1.86. The molecule has 0 aliphatic rings. The Morgan fingerprint density at radius 1 is 1.35 bits per heavy atom. The van der Waals surface area contributed by atoms with Gasteiger partial charge in [0.15, 0.2) is 0 Å². The van der Waals surface area contributed by atoms with Crippen molar-refractivity contribution in [1.82, 2.24) is 4.98 Å². The maximum atomic E-state index is 13.3. The lowest BCUT2D eigenvalue weighted by Gasteiger charge is -2.22. The van der Waals surface area contributed by atoms with Gasteiger partial charge in [0.25, 0.3) is 10.0 Å². The van der Waals surface area contributed by atoms with E-state index in [2.05, 4.69) is 4.98 Å². The highest BCUT2D eigenvalue weighted by molar-refractivity contribution is 7.92. The lowest BCUT2D eigenvalue weighted by atomic mass is 10.3. The van der Waals surface area contributed by atoms with Gasteiger partial charge in [-0.15, -0.1) is 0 Å². The fourth-order valence-electron chi connectivity index (χ4n) is 1.91. The van der Waals surface area contributed by atoms with Crippen LogP contribution in [0.2, 0.25) is 0 Å². The van der Waals surface area contributed by atoms with E-state index in [1.54, 1.807) is 6.92 Å². The van der Waals surface area contributed by atoms with Crippen LogP contribution < -0.4 is 4.31 Å². The maximum Gasteiger partial charge on any atom is 0.265 e. The first-order valence-corrected chi connectivity index (χ1v) is 7.49. The number of rotatable bonds is 5. The zero-order valence-corrected chi connectivity index (χ0v) is 11.7. The second-order valence-corrected chi connectivity index (χ2v) is 6.03. The smallest absolute Gasteiger partial charge is 0.265 e. The van der Waals surface area contributed by atoms with Crippen molar-refractivity contribution in [1.29, 1.82) is 0 Å². The molecule has 0 fully saturated rings. The minimum Gasteiger partial charge on any atom is -0.390 e. The molecule has 0 radical (unpaired) electrons. The third-order valence-electron chi connectivity index (χ3n) is 2.86. The number of H-pyrrole nitrogens is 1. The van der Waals surface area contributed by atoms with Crippen LogP contribution >= 0.6 is 0 Å². The highest BCUT2D eigenvalue weighted by Gasteiger charge is 2.24. The van der Waals surface area contributed by atoms with Crippen LogP contribution in [0.25, 0.3) is 0 Å². The first-order valence-electron chi connectivity index (χ1n) is 6.05. The second-order valence-electron chi connectivity index (χ2n) is 4.17. The fraction of sp³-hybridized carbons (Fsp3) is 0.231. The van der Waals surface area contributed by atoms with Crippen molar-refractivity contribution in [2.45, 2.75) is 18.4 Å². The number of aliphatic hydroxyl groups is 1. The minimum absolute atomic E-state index is 0.0349. The number of aromatic amines is 1. The van der Waals surface area contributed by atoms with Gasteiger partial charge in [0.2, 0.25) is 0 Å². The van der Waals surface area contributed by atoms with Crippen molar-refractivity contribution in [3.8, 4) is 0 Å². The zero-order valence-electron chi connectivity index (χ0n) is 10.9. The number of hydrogen-bond donors (Lipinski definition) is 2. The average molecular weight is 298 g/mol. The van der Waals surface area contributed by atoms with E-state index in [9.17, 15) is 12.8 Å². The van der Waals surface area contributed by atoms with Gasteiger partial charge in [0.1, 0.15) is 10.7 Å².